The zero-order chi connectivity index (χ0) is 17.5. The summed E-state index contributed by atoms with van der Waals surface area (Å²) in [7, 11) is 0. The van der Waals surface area contributed by atoms with Crippen LogP contribution < -0.4 is 0 Å². The molecule has 0 aromatic carbocycles. The van der Waals surface area contributed by atoms with Gasteiger partial charge in [0.25, 0.3) is 0 Å². The van der Waals surface area contributed by atoms with Crippen molar-refractivity contribution in [1.82, 2.24) is 9.80 Å². The van der Waals surface area contributed by atoms with Crippen LogP contribution in [-0.4, -0.2) is 29.1 Å². The second kappa shape index (κ2) is 14.7. The Kier molecular flexibility index (Phi) is 13.1. The first-order valence-electron chi connectivity index (χ1n) is 11.0. The van der Waals surface area contributed by atoms with E-state index < -0.39 is 0 Å². The maximum atomic E-state index is 2.54. The lowest BCUT2D eigenvalue weighted by Crippen LogP contribution is -2.38. The fourth-order valence-electron chi connectivity index (χ4n) is 3.88. The summed E-state index contributed by atoms with van der Waals surface area (Å²) in [5, 5.41) is 0. The van der Waals surface area contributed by atoms with E-state index in [1.165, 1.54) is 96.4 Å². The van der Waals surface area contributed by atoms with E-state index in [0.717, 1.165) is 6.54 Å². The van der Waals surface area contributed by atoms with Crippen LogP contribution in [0.2, 0.25) is 0 Å². The third kappa shape index (κ3) is 8.99. The van der Waals surface area contributed by atoms with Crippen LogP contribution in [-0.2, 0) is 0 Å². The highest BCUT2D eigenvalue weighted by molar-refractivity contribution is 4.95. The van der Waals surface area contributed by atoms with Crippen LogP contribution in [0.1, 0.15) is 111 Å². The average molecular weight is 337 g/mol. The molecule has 0 bridgehead atoms. The SMILES string of the molecule is CCCCCCCCCCCCCCCN1C=CN(CC)C1CC. The Hall–Kier alpha value is -0.660. The second-order valence-electron chi connectivity index (χ2n) is 7.50. The summed E-state index contributed by atoms with van der Waals surface area (Å²) in [6.07, 6.45) is 25.1. The molecular weight excluding hydrogens is 292 g/mol. The van der Waals surface area contributed by atoms with Crippen LogP contribution in [0.5, 0.6) is 0 Å². The number of hydrogen-bond donors (Lipinski definition) is 0. The normalized spacial score (nSPS) is 17.2. The van der Waals surface area contributed by atoms with E-state index in [2.05, 4.69) is 43.0 Å². The van der Waals surface area contributed by atoms with Gasteiger partial charge in [0, 0.05) is 25.5 Å². The highest BCUT2D eigenvalue weighted by Crippen LogP contribution is 2.19. The Morgan fingerprint density at radius 1 is 0.583 bits per heavy atom. The van der Waals surface area contributed by atoms with E-state index in [1.807, 2.05) is 0 Å². The van der Waals surface area contributed by atoms with Crippen molar-refractivity contribution in [3.63, 3.8) is 0 Å². The van der Waals surface area contributed by atoms with E-state index in [4.69, 9.17) is 0 Å². The first kappa shape index (κ1) is 21.4. The van der Waals surface area contributed by atoms with Crippen molar-refractivity contribution in [1.29, 1.82) is 0 Å². The molecule has 1 unspecified atom stereocenters. The van der Waals surface area contributed by atoms with Crippen molar-refractivity contribution in [3.8, 4) is 0 Å². The van der Waals surface area contributed by atoms with E-state index in [-0.39, 0.29) is 0 Å². The minimum absolute atomic E-state index is 0.618. The molecule has 0 N–H and O–H groups in total. The smallest absolute Gasteiger partial charge is 0.100 e. The van der Waals surface area contributed by atoms with Crippen molar-refractivity contribution >= 4 is 0 Å². The molecule has 0 aromatic heterocycles. The zero-order valence-corrected chi connectivity index (χ0v) is 16.9. The molecule has 2 heteroatoms. The summed E-state index contributed by atoms with van der Waals surface area (Å²) in [6.45, 7) is 9.22. The maximum absolute atomic E-state index is 2.54. The minimum Gasteiger partial charge on any atom is -0.356 e. The number of hydrogen-bond acceptors (Lipinski definition) is 2. The molecule has 1 heterocycles. The standard InChI is InChI=1S/C22H44N2/c1-4-7-8-9-10-11-12-13-14-15-16-17-18-19-24-21-20-23(6-3)22(24)5-2/h20-22H,4-19H2,1-3H3. The first-order valence-corrected chi connectivity index (χ1v) is 11.0. The van der Waals surface area contributed by atoms with Gasteiger partial charge in [0.1, 0.15) is 6.17 Å². The number of nitrogens with zero attached hydrogens (tertiary/aromatic N) is 2. The Balaban J connectivity index is 1.85. The fourth-order valence-corrected chi connectivity index (χ4v) is 3.88. The highest BCUT2D eigenvalue weighted by atomic mass is 15.4. The lowest BCUT2D eigenvalue weighted by atomic mass is 10.0. The summed E-state index contributed by atoms with van der Waals surface area (Å²) in [5.74, 6) is 0. The van der Waals surface area contributed by atoms with E-state index in [0.29, 0.717) is 6.17 Å². The first-order chi connectivity index (χ1) is 11.8. The molecule has 1 aliphatic heterocycles. The van der Waals surface area contributed by atoms with Crippen LogP contribution >= 0.6 is 0 Å². The molecule has 1 aliphatic rings. The molecule has 0 amide bonds. The summed E-state index contributed by atoms with van der Waals surface area (Å²) >= 11 is 0. The topological polar surface area (TPSA) is 6.48 Å². The summed E-state index contributed by atoms with van der Waals surface area (Å²) in [4.78, 5) is 5.00. The third-order valence-electron chi connectivity index (χ3n) is 5.47. The molecule has 2 nitrogen and oxygen atoms in total. The van der Waals surface area contributed by atoms with Crippen molar-refractivity contribution < 1.29 is 0 Å². The van der Waals surface area contributed by atoms with E-state index in [9.17, 15) is 0 Å². The summed E-state index contributed by atoms with van der Waals surface area (Å²) in [5.41, 5.74) is 0. The molecule has 0 radical (unpaired) electrons. The Bertz CT molecular complexity index is 300. The van der Waals surface area contributed by atoms with Crippen LogP contribution in [0.3, 0.4) is 0 Å². The molecule has 0 aliphatic carbocycles. The Morgan fingerprint density at radius 2 is 1.04 bits per heavy atom. The molecule has 24 heavy (non-hydrogen) atoms. The average Bonchev–Trinajstić information content (AvgIpc) is 3.01. The number of rotatable bonds is 16. The molecule has 142 valence electrons. The van der Waals surface area contributed by atoms with Crippen molar-refractivity contribution in [3.05, 3.63) is 12.4 Å². The second-order valence-corrected chi connectivity index (χ2v) is 7.50. The molecule has 1 atom stereocenters. The van der Waals surface area contributed by atoms with Crippen LogP contribution in [0.15, 0.2) is 12.4 Å². The molecule has 0 fully saturated rings. The monoisotopic (exact) mass is 336 g/mol. The van der Waals surface area contributed by atoms with Crippen molar-refractivity contribution in [2.24, 2.45) is 0 Å². The molecule has 0 saturated heterocycles. The van der Waals surface area contributed by atoms with Crippen LogP contribution in [0.25, 0.3) is 0 Å². The van der Waals surface area contributed by atoms with E-state index >= 15 is 0 Å². The molecular formula is C22H44N2. The molecule has 0 saturated carbocycles. The summed E-state index contributed by atoms with van der Waals surface area (Å²) in [6, 6.07) is 0. The minimum atomic E-state index is 0.618. The predicted octanol–water partition coefficient (Wildman–Crippen LogP) is 6.92. The van der Waals surface area contributed by atoms with Gasteiger partial charge >= 0.3 is 0 Å². The van der Waals surface area contributed by atoms with Gasteiger partial charge in [-0.05, 0) is 19.8 Å². The van der Waals surface area contributed by atoms with Crippen LogP contribution in [0.4, 0.5) is 0 Å². The summed E-state index contributed by atoms with van der Waals surface area (Å²) < 4.78 is 0. The van der Waals surface area contributed by atoms with Crippen molar-refractivity contribution in [2.45, 2.75) is 117 Å². The number of unbranched alkanes of at least 4 members (excludes halogenated alkanes) is 12. The quantitative estimate of drug-likeness (QED) is 0.282. The lowest BCUT2D eigenvalue weighted by Gasteiger charge is -2.31. The van der Waals surface area contributed by atoms with Gasteiger partial charge in [0.15, 0.2) is 0 Å². The lowest BCUT2D eigenvalue weighted by molar-refractivity contribution is 0.151. The van der Waals surface area contributed by atoms with Gasteiger partial charge in [0.05, 0.1) is 0 Å². The zero-order valence-electron chi connectivity index (χ0n) is 16.9. The largest absolute Gasteiger partial charge is 0.356 e. The van der Waals surface area contributed by atoms with Crippen LogP contribution in [0, 0.1) is 0 Å². The molecule has 0 aromatic rings. The third-order valence-corrected chi connectivity index (χ3v) is 5.47. The van der Waals surface area contributed by atoms with Gasteiger partial charge in [-0.3, -0.25) is 0 Å². The maximum Gasteiger partial charge on any atom is 0.100 e. The molecule has 1 rings (SSSR count). The van der Waals surface area contributed by atoms with Gasteiger partial charge in [-0.1, -0.05) is 90.9 Å². The van der Waals surface area contributed by atoms with Gasteiger partial charge in [-0.15, -0.1) is 0 Å². The van der Waals surface area contributed by atoms with Gasteiger partial charge in [0.2, 0.25) is 0 Å². The van der Waals surface area contributed by atoms with E-state index in [1.54, 1.807) is 0 Å². The Labute approximate surface area is 152 Å². The van der Waals surface area contributed by atoms with Crippen molar-refractivity contribution in [2.75, 3.05) is 13.1 Å². The van der Waals surface area contributed by atoms with Gasteiger partial charge in [-0.25, -0.2) is 0 Å². The molecule has 0 spiro atoms. The highest BCUT2D eigenvalue weighted by Gasteiger charge is 2.22. The van der Waals surface area contributed by atoms with Gasteiger partial charge < -0.3 is 9.80 Å². The fraction of sp³-hybridized carbons (Fsp3) is 0.909. The Morgan fingerprint density at radius 3 is 1.50 bits per heavy atom. The predicted molar refractivity (Wildman–Crippen MR) is 108 cm³/mol. The van der Waals surface area contributed by atoms with Gasteiger partial charge in [-0.2, -0.15) is 0 Å².